The molecule has 0 amide bonds. The Kier molecular flexibility index (Phi) is 4.81. The molecule has 5 nitrogen and oxygen atoms in total. The molecule has 1 fully saturated rings. The summed E-state index contributed by atoms with van der Waals surface area (Å²) >= 11 is 0. The van der Waals surface area contributed by atoms with Crippen molar-refractivity contribution in [2.75, 3.05) is 33.0 Å². The highest BCUT2D eigenvalue weighted by molar-refractivity contribution is 5.83. The maximum absolute atomic E-state index is 5.54. The third-order valence-electron chi connectivity index (χ3n) is 7.22. The summed E-state index contributed by atoms with van der Waals surface area (Å²) in [7, 11) is 0. The fourth-order valence-corrected chi connectivity index (χ4v) is 5.53. The van der Waals surface area contributed by atoms with Crippen LogP contribution in [0.15, 0.2) is 42.5 Å². The number of hydrogen-bond acceptors (Lipinski definition) is 5. The zero-order valence-corrected chi connectivity index (χ0v) is 18.1. The van der Waals surface area contributed by atoms with Crippen LogP contribution in [0.1, 0.15) is 41.3 Å². The standard InChI is InChI=1S/C26H29N3O2/c1-18-20-5-2-3-7-22(20)27-26-21(18)6-4-8-23(26)29-13-11-28(12-14-29)16-19-9-10-24-25(15-19)31-17-30-24/h2-3,5,7,9-10,15,23H,4,6,8,11-14,16-17H2,1H3/t23-/m1/s1. The second-order valence-corrected chi connectivity index (χ2v) is 9.03. The lowest BCUT2D eigenvalue weighted by molar-refractivity contribution is 0.0824. The van der Waals surface area contributed by atoms with E-state index in [1.807, 2.05) is 6.07 Å². The molecule has 3 aromatic rings. The van der Waals surface area contributed by atoms with E-state index in [0.717, 1.165) is 49.7 Å². The van der Waals surface area contributed by atoms with Crippen LogP contribution in [0.4, 0.5) is 0 Å². The molecule has 3 aliphatic rings. The number of pyridine rings is 1. The van der Waals surface area contributed by atoms with Crippen LogP contribution in [0.5, 0.6) is 11.5 Å². The van der Waals surface area contributed by atoms with Gasteiger partial charge in [-0.25, -0.2) is 0 Å². The maximum atomic E-state index is 5.54. The quantitative estimate of drug-likeness (QED) is 0.631. The Morgan fingerprint density at radius 1 is 1.00 bits per heavy atom. The Hall–Kier alpha value is -2.63. The van der Waals surface area contributed by atoms with Crippen LogP contribution in [0.2, 0.25) is 0 Å². The zero-order chi connectivity index (χ0) is 20.8. The number of piperazine rings is 1. The minimum atomic E-state index is 0.336. The first-order valence-electron chi connectivity index (χ1n) is 11.5. The average Bonchev–Trinajstić information content (AvgIpc) is 3.28. The van der Waals surface area contributed by atoms with Gasteiger partial charge in [-0.05, 0) is 61.1 Å². The van der Waals surface area contributed by atoms with Crippen molar-refractivity contribution < 1.29 is 9.47 Å². The van der Waals surface area contributed by atoms with Crippen molar-refractivity contribution in [1.29, 1.82) is 0 Å². The van der Waals surface area contributed by atoms with Crippen molar-refractivity contribution in [2.24, 2.45) is 0 Å². The molecule has 1 aromatic heterocycles. The lowest BCUT2D eigenvalue weighted by atomic mass is 9.86. The fraction of sp³-hybridized carbons (Fsp3) is 0.423. The summed E-state index contributed by atoms with van der Waals surface area (Å²) in [5.74, 6) is 1.74. The van der Waals surface area contributed by atoms with E-state index >= 15 is 0 Å². The van der Waals surface area contributed by atoms with Gasteiger partial charge in [0.05, 0.1) is 17.3 Å². The van der Waals surface area contributed by atoms with Crippen LogP contribution in [0.25, 0.3) is 10.9 Å². The van der Waals surface area contributed by atoms with Gasteiger partial charge in [-0.2, -0.15) is 0 Å². The molecular formula is C26H29N3O2. The fourth-order valence-electron chi connectivity index (χ4n) is 5.53. The second-order valence-electron chi connectivity index (χ2n) is 9.03. The molecule has 0 saturated carbocycles. The van der Waals surface area contributed by atoms with E-state index in [9.17, 15) is 0 Å². The SMILES string of the molecule is Cc1c2c(nc3ccccc13)[C@H](N1CCN(Cc3ccc4c(c3)OCO4)CC1)CCC2. The Balaban J connectivity index is 1.17. The highest BCUT2D eigenvalue weighted by Gasteiger charge is 2.31. The highest BCUT2D eigenvalue weighted by Crippen LogP contribution is 2.38. The summed E-state index contributed by atoms with van der Waals surface area (Å²) in [5, 5.41) is 1.32. The molecule has 5 heteroatoms. The van der Waals surface area contributed by atoms with Crippen molar-refractivity contribution in [2.45, 2.75) is 38.8 Å². The number of aromatic nitrogens is 1. The van der Waals surface area contributed by atoms with Gasteiger partial charge in [0.15, 0.2) is 11.5 Å². The molecular weight excluding hydrogens is 386 g/mol. The first-order valence-corrected chi connectivity index (χ1v) is 11.5. The van der Waals surface area contributed by atoms with Gasteiger partial charge in [0, 0.05) is 38.1 Å². The molecule has 6 rings (SSSR count). The van der Waals surface area contributed by atoms with E-state index in [-0.39, 0.29) is 0 Å². The summed E-state index contributed by atoms with van der Waals surface area (Å²) < 4.78 is 11.0. The highest BCUT2D eigenvalue weighted by atomic mass is 16.7. The topological polar surface area (TPSA) is 37.8 Å². The third-order valence-corrected chi connectivity index (χ3v) is 7.22. The molecule has 2 aromatic carbocycles. The summed E-state index contributed by atoms with van der Waals surface area (Å²) in [4.78, 5) is 10.4. The van der Waals surface area contributed by atoms with Crippen molar-refractivity contribution in [3.63, 3.8) is 0 Å². The normalized spacial score (nSPS) is 21.4. The smallest absolute Gasteiger partial charge is 0.231 e. The summed E-state index contributed by atoms with van der Waals surface area (Å²) in [6.07, 6.45) is 3.65. The minimum absolute atomic E-state index is 0.336. The Labute approximate surface area is 183 Å². The first kappa shape index (κ1) is 19.1. The molecule has 0 spiro atoms. The molecule has 160 valence electrons. The van der Waals surface area contributed by atoms with Crippen LogP contribution >= 0.6 is 0 Å². The zero-order valence-electron chi connectivity index (χ0n) is 18.1. The van der Waals surface area contributed by atoms with Gasteiger partial charge < -0.3 is 9.47 Å². The molecule has 1 atom stereocenters. The van der Waals surface area contributed by atoms with Crippen LogP contribution in [0.3, 0.4) is 0 Å². The van der Waals surface area contributed by atoms with Gasteiger partial charge in [0.25, 0.3) is 0 Å². The van der Waals surface area contributed by atoms with E-state index in [1.54, 1.807) is 0 Å². The van der Waals surface area contributed by atoms with Crippen LogP contribution in [-0.4, -0.2) is 47.8 Å². The molecule has 2 aliphatic heterocycles. The van der Waals surface area contributed by atoms with E-state index in [1.165, 1.54) is 47.0 Å². The number of fused-ring (bicyclic) bond motifs is 3. The van der Waals surface area contributed by atoms with E-state index in [4.69, 9.17) is 14.5 Å². The monoisotopic (exact) mass is 415 g/mol. The van der Waals surface area contributed by atoms with Crippen molar-refractivity contribution in [3.05, 3.63) is 64.8 Å². The van der Waals surface area contributed by atoms with Crippen LogP contribution in [0, 0.1) is 6.92 Å². The molecule has 1 aliphatic carbocycles. The number of hydrogen-bond donors (Lipinski definition) is 0. The molecule has 0 bridgehead atoms. The summed E-state index contributed by atoms with van der Waals surface area (Å²) in [6, 6.07) is 15.4. The Bertz CT molecular complexity index is 1120. The third kappa shape index (κ3) is 3.46. The van der Waals surface area contributed by atoms with Gasteiger partial charge in [-0.15, -0.1) is 0 Å². The van der Waals surface area contributed by atoms with Gasteiger partial charge in [0.1, 0.15) is 0 Å². The number of benzene rings is 2. The maximum Gasteiger partial charge on any atom is 0.231 e. The number of nitrogens with zero attached hydrogens (tertiary/aromatic N) is 3. The van der Waals surface area contributed by atoms with Gasteiger partial charge >= 0.3 is 0 Å². The van der Waals surface area contributed by atoms with E-state index in [2.05, 4.69) is 53.1 Å². The van der Waals surface area contributed by atoms with Crippen LogP contribution in [-0.2, 0) is 13.0 Å². The number of ether oxygens (including phenoxy) is 2. The van der Waals surface area contributed by atoms with Crippen molar-refractivity contribution in [1.82, 2.24) is 14.8 Å². The van der Waals surface area contributed by atoms with Gasteiger partial charge in [-0.1, -0.05) is 24.3 Å². The molecule has 0 unspecified atom stereocenters. The van der Waals surface area contributed by atoms with E-state index in [0.29, 0.717) is 12.8 Å². The molecule has 1 saturated heterocycles. The van der Waals surface area contributed by atoms with Gasteiger partial charge in [-0.3, -0.25) is 14.8 Å². The number of aryl methyl sites for hydroxylation is 1. The van der Waals surface area contributed by atoms with Crippen LogP contribution < -0.4 is 9.47 Å². The first-order chi connectivity index (χ1) is 15.3. The lowest BCUT2D eigenvalue weighted by Crippen LogP contribution is -2.48. The molecule has 31 heavy (non-hydrogen) atoms. The number of rotatable bonds is 3. The number of para-hydroxylation sites is 1. The second kappa shape index (κ2) is 7.81. The average molecular weight is 416 g/mol. The summed E-state index contributed by atoms with van der Waals surface area (Å²) in [5.41, 5.74) is 6.72. The van der Waals surface area contributed by atoms with E-state index < -0.39 is 0 Å². The van der Waals surface area contributed by atoms with Crippen molar-refractivity contribution in [3.8, 4) is 11.5 Å². The predicted octanol–water partition coefficient (Wildman–Crippen LogP) is 4.47. The summed E-state index contributed by atoms with van der Waals surface area (Å²) in [6.45, 7) is 7.97. The predicted molar refractivity (Wildman–Crippen MR) is 122 cm³/mol. The molecule has 0 N–H and O–H groups in total. The Morgan fingerprint density at radius 2 is 1.84 bits per heavy atom. The Morgan fingerprint density at radius 3 is 2.74 bits per heavy atom. The largest absolute Gasteiger partial charge is 0.454 e. The molecule has 0 radical (unpaired) electrons. The molecule has 3 heterocycles. The lowest BCUT2D eigenvalue weighted by Gasteiger charge is -2.41. The minimum Gasteiger partial charge on any atom is -0.454 e. The van der Waals surface area contributed by atoms with Gasteiger partial charge in [0.2, 0.25) is 6.79 Å². The van der Waals surface area contributed by atoms with Crippen molar-refractivity contribution >= 4 is 10.9 Å².